The van der Waals surface area contributed by atoms with Crippen LogP contribution in [0.1, 0.15) is 24.8 Å². The normalized spacial score (nSPS) is 15.0. The van der Waals surface area contributed by atoms with Gasteiger partial charge in [-0.15, -0.1) is 0 Å². The standard InChI is InChI=1S/C14H18N2/c15-10-4-11-16(14-7-8-14)12-9-13-5-2-1-3-6-13/h1-3,5-6,14H,4,7-9,11-12H2. The molecule has 0 N–H and O–H groups in total. The molecule has 2 nitrogen and oxygen atoms in total. The van der Waals surface area contributed by atoms with Crippen LogP contribution in [0.25, 0.3) is 0 Å². The summed E-state index contributed by atoms with van der Waals surface area (Å²) in [6.45, 7) is 2.03. The first kappa shape index (κ1) is 11.2. The lowest BCUT2D eigenvalue weighted by Gasteiger charge is -2.20. The lowest BCUT2D eigenvalue weighted by atomic mass is 10.1. The number of hydrogen-bond donors (Lipinski definition) is 0. The van der Waals surface area contributed by atoms with E-state index in [1.165, 1.54) is 18.4 Å². The SMILES string of the molecule is N#CCCN(CCc1ccccc1)C1CC1. The third-order valence-corrected chi connectivity index (χ3v) is 3.10. The minimum absolute atomic E-state index is 0.658. The molecule has 0 radical (unpaired) electrons. The van der Waals surface area contributed by atoms with E-state index in [4.69, 9.17) is 5.26 Å². The summed E-state index contributed by atoms with van der Waals surface area (Å²) < 4.78 is 0. The Balaban J connectivity index is 1.80. The summed E-state index contributed by atoms with van der Waals surface area (Å²) in [5.41, 5.74) is 1.39. The monoisotopic (exact) mass is 214 g/mol. The average Bonchev–Trinajstić information content (AvgIpc) is 3.15. The Hall–Kier alpha value is -1.33. The molecule has 0 aliphatic heterocycles. The molecule has 2 heteroatoms. The van der Waals surface area contributed by atoms with E-state index in [-0.39, 0.29) is 0 Å². The van der Waals surface area contributed by atoms with E-state index in [1.54, 1.807) is 0 Å². The molecule has 2 rings (SSSR count). The minimum Gasteiger partial charge on any atom is -0.299 e. The van der Waals surface area contributed by atoms with E-state index in [9.17, 15) is 0 Å². The van der Waals surface area contributed by atoms with Crippen molar-refractivity contribution >= 4 is 0 Å². The van der Waals surface area contributed by atoms with Gasteiger partial charge >= 0.3 is 0 Å². The summed E-state index contributed by atoms with van der Waals surface area (Å²) in [5, 5.41) is 8.63. The Morgan fingerprint density at radius 1 is 1.19 bits per heavy atom. The fourth-order valence-corrected chi connectivity index (χ4v) is 2.03. The second-order valence-electron chi connectivity index (χ2n) is 4.41. The molecule has 0 aromatic heterocycles. The minimum atomic E-state index is 0.658. The zero-order valence-electron chi connectivity index (χ0n) is 9.60. The van der Waals surface area contributed by atoms with Crippen LogP contribution in [0, 0.1) is 11.3 Å². The van der Waals surface area contributed by atoms with Crippen LogP contribution in [-0.4, -0.2) is 24.0 Å². The van der Waals surface area contributed by atoms with E-state index >= 15 is 0 Å². The van der Waals surface area contributed by atoms with Crippen LogP contribution < -0.4 is 0 Å². The van der Waals surface area contributed by atoms with E-state index in [2.05, 4.69) is 41.3 Å². The molecule has 0 saturated heterocycles. The smallest absolute Gasteiger partial charge is 0.0635 e. The zero-order valence-corrected chi connectivity index (χ0v) is 9.60. The van der Waals surface area contributed by atoms with Crippen molar-refractivity contribution in [3.63, 3.8) is 0 Å². The molecule has 0 bridgehead atoms. The van der Waals surface area contributed by atoms with Crippen LogP contribution in [0.4, 0.5) is 0 Å². The van der Waals surface area contributed by atoms with Gasteiger partial charge in [-0.2, -0.15) is 5.26 Å². The molecule has 84 valence electrons. The third-order valence-electron chi connectivity index (χ3n) is 3.10. The highest BCUT2D eigenvalue weighted by Crippen LogP contribution is 2.26. The van der Waals surface area contributed by atoms with Gasteiger partial charge in [-0.25, -0.2) is 0 Å². The molecule has 16 heavy (non-hydrogen) atoms. The second-order valence-corrected chi connectivity index (χ2v) is 4.41. The summed E-state index contributed by atoms with van der Waals surface area (Å²) in [4.78, 5) is 2.47. The molecular formula is C14H18N2. The largest absolute Gasteiger partial charge is 0.299 e. The highest BCUT2D eigenvalue weighted by Gasteiger charge is 2.27. The van der Waals surface area contributed by atoms with Gasteiger partial charge in [-0.05, 0) is 24.8 Å². The summed E-state index contributed by atoms with van der Waals surface area (Å²) in [7, 11) is 0. The second kappa shape index (κ2) is 5.67. The molecule has 0 unspecified atom stereocenters. The first-order chi connectivity index (χ1) is 7.90. The van der Waals surface area contributed by atoms with Crippen molar-refractivity contribution in [2.45, 2.75) is 31.7 Å². The summed E-state index contributed by atoms with van der Waals surface area (Å²) in [6, 6.07) is 13.6. The van der Waals surface area contributed by atoms with Crippen LogP contribution in [0.15, 0.2) is 30.3 Å². The zero-order chi connectivity index (χ0) is 11.2. The van der Waals surface area contributed by atoms with E-state index in [0.717, 1.165) is 25.6 Å². The van der Waals surface area contributed by atoms with Crippen molar-refractivity contribution in [1.82, 2.24) is 4.90 Å². The Bertz CT molecular complexity index is 349. The lowest BCUT2D eigenvalue weighted by Crippen LogP contribution is -2.29. The van der Waals surface area contributed by atoms with Crippen molar-refractivity contribution in [3.8, 4) is 6.07 Å². The molecule has 1 aliphatic rings. The van der Waals surface area contributed by atoms with Gasteiger partial charge in [0, 0.05) is 25.6 Å². The number of hydrogen-bond acceptors (Lipinski definition) is 2. The molecular weight excluding hydrogens is 196 g/mol. The van der Waals surface area contributed by atoms with Gasteiger partial charge < -0.3 is 0 Å². The molecule has 0 heterocycles. The maximum atomic E-state index is 8.63. The van der Waals surface area contributed by atoms with Crippen molar-refractivity contribution < 1.29 is 0 Å². The van der Waals surface area contributed by atoms with Crippen LogP contribution in [0.5, 0.6) is 0 Å². The Morgan fingerprint density at radius 3 is 2.56 bits per heavy atom. The van der Waals surface area contributed by atoms with Gasteiger partial charge in [0.05, 0.1) is 6.07 Å². The molecule has 1 aromatic carbocycles. The van der Waals surface area contributed by atoms with Gasteiger partial charge in [0.15, 0.2) is 0 Å². The highest BCUT2D eigenvalue weighted by atomic mass is 15.2. The van der Waals surface area contributed by atoms with Crippen LogP contribution in [0.3, 0.4) is 0 Å². The molecule has 0 spiro atoms. The fourth-order valence-electron chi connectivity index (χ4n) is 2.03. The molecule has 1 saturated carbocycles. The van der Waals surface area contributed by atoms with Gasteiger partial charge in [0.25, 0.3) is 0 Å². The first-order valence-electron chi connectivity index (χ1n) is 6.05. The van der Waals surface area contributed by atoms with Gasteiger partial charge in [-0.1, -0.05) is 30.3 Å². The van der Waals surface area contributed by atoms with Crippen LogP contribution in [-0.2, 0) is 6.42 Å². The number of rotatable bonds is 6. The average molecular weight is 214 g/mol. The first-order valence-corrected chi connectivity index (χ1v) is 6.05. The van der Waals surface area contributed by atoms with Crippen molar-refractivity contribution in [3.05, 3.63) is 35.9 Å². The van der Waals surface area contributed by atoms with Crippen LogP contribution in [0.2, 0.25) is 0 Å². The van der Waals surface area contributed by atoms with Gasteiger partial charge in [0.2, 0.25) is 0 Å². The lowest BCUT2D eigenvalue weighted by molar-refractivity contribution is 0.273. The fraction of sp³-hybridized carbons (Fsp3) is 0.500. The van der Waals surface area contributed by atoms with Crippen LogP contribution >= 0.6 is 0 Å². The van der Waals surface area contributed by atoms with Crippen molar-refractivity contribution in [2.75, 3.05) is 13.1 Å². The van der Waals surface area contributed by atoms with Crippen molar-refractivity contribution in [1.29, 1.82) is 5.26 Å². The Morgan fingerprint density at radius 2 is 1.94 bits per heavy atom. The van der Waals surface area contributed by atoms with Crippen molar-refractivity contribution in [2.24, 2.45) is 0 Å². The quantitative estimate of drug-likeness (QED) is 0.728. The molecule has 0 amide bonds. The molecule has 1 fully saturated rings. The van der Waals surface area contributed by atoms with Gasteiger partial charge in [-0.3, -0.25) is 4.90 Å². The highest BCUT2D eigenvalue weighted by molar-refractivity contribution is 5.15. The number of nitrogens with zero attached hydrogens (tertiary/aromatic N) is 2. The van der Waals surface area contributed by atoms with E-state index < -0.39 is 0 Å². The van der Waals surface area contributed by atoms with Gasteiger partial charge in [0.1, 0.15) is 0 Å². The topological polar surface area (TPSA) is 27.0 Å². The third kappa shape index (κ3) is 3.36. The summed E-state index contributed by atoms with van der Waals surface area (Å²) in [5.74, 6) is 0. The number of nitriles is 1. The maximum Gasteiger partial charge on any atom is 0.0635 e. The Labute approximate surface area is 97.5 Å². The Kier molecular flexibility index (Phi) is 3.96. The number of benzene rings is 1. The summed E-state index contributed by atoms with van der Waals surface area (Å²) in [6.07, 6.45) is 4.40. The van der Waals surface area contributed by atoms with E-state index in [1.807, 2.05) is 0 Å². The molecule has 1 aromatic rings. The maximum absolute atomic E-state index is 8.63. The molecule has 1 aliphatic carbocycles. The molecule has 0 atom stereocenters. The van der Waals surface area contributed by atoms with E-state index in [0.29, 0.717) is 6.42 Å². The predicted octanol–water partition coefficient (Wildman–Crippen LogP) is 2.61. The summed E-state index contributed by atoms with van der Waals surface area (Å²) >= 11 is 0. The predicted molar refractivity (Wildman–Crippen MR) is 65.0 cm³/mol.